The molecule has 2 aromatic carbocycles. The van der Waals surface area contributed by atoms with Crippen molar-refractivity contribution in [2.75, 3.05) is 44.7 Å². The van der Waals surface area contributed by atoms with Crippen LogP contribution < -0.4 is 10.2 Å². The Labute approximate surface area is 226 Å². The molecular formula is C27H31ClN6O2S. The van der Waals surface area contributed by atoms with Gasteiger partial charge in [-0.1, -0.05) is 47.2 Å². The number of rotatable bonds is 8. The third-order valence-electron chi connectivity index (χ3n) is 6.91. The number of anilines is 1. The maximum atomic E-state index is 12.8. The van der Waals surface area contributed by atoms with E-state index in [1.165, 1.54) is 16.9 Å². The Balaban J connectivity index is 1.11. The number of likely N-dealkylation sites (N-methyl/N-ethyl adjacent to an activating group) is 1. The molecule has 194 valence electrons. The molecule has 5 rings (SSSR count). The SMILES string of the molecule is CN1CCN(Cc2ccc(N3CC(NC(=O)c4nnc(CCc5ccc(Cl)cc5)s4)CC3=O)cc2)CC1. The third-order valence-corrected chi connectivity index (χ3v) is 8.15. The first-order chi connectivity index (χ1) is 17.9. The number of benzene rings is 2. The molecule has 1 N–H and O–H groups in total. The molecule has 2 aliphatic rings. The smallest absolute Gasteiger partial charge is 0.282 e. The van der Waals surface area contributed by atoms with Gasteiger partial charge in [0.1, 0.15) is 5.01 Å². The molecule has 0 bridgehead atoms. The third kappa shape index (κ3) is 6.73. The van der Waals surface area contributed by atoms with Gasteiger partial charge in [0.25, 0.3) is 5.91 Å². The van der Waals surface area contributed by atoms with Crippen LogP contribution in [0.1, 0.15) is 32.4 Å². The van der Waals surface area contributed by atoms with Gasteiger partial charge in [0.15, 0.2) is 0 Å². The first-order valence-electron chi connectivity index (χ1n) is 12.6. The van der Waals surface area contributed by atoms with Crippen molar-refractivity contribution < 1.29 is 9.59 Å². The number of hydrogen-bond donors (Lipinski definition) is 1. The van der Waals surface area contributed by atoms with E-state index in [0.29, 0.717) is 23.0 Å². The van der Waals surface area contributed by atoms with Gasteiger partial charge in [-0.05, 0) is 48.9 Å². The van der Waals surface area contributed by atoms with Crippen molar-refractivity contribution in [2.45, 2.75) is 31.8 Å². The van der Waals surface area contributed by atoms with E-state index < -0.39 is 0 Å². The summed E-state index contributed by atoms with van der Waals surface area (Å²) in [6.07, 6.45) is 1.78. The van der Waals surface area contributed by atoms with E-state index in [9.17, 15) is 9.59 Å². The molecule has 8 nitrogen and oxygen atoms in total. The van der Waals surface area contributed by atoms with Crippen LogP contribution in [0.15, 0.2) is 48.5 Å². The molecule has 1 aromatic heterocycles. The van der Waals surface area contributed by atoms with E-state index in [4.69, 9.17) is 11.6 Å². The predicted molar refractivity (Wildman–Crippen MR) is 146 cm³/mol. The van der Waals surface area contributed by atoms with Crippen LogP contribution in [0, 0.1) is 0 Å². The van der Waals surface area contributed by atoms with Crippen LogP contribution in [0.5, 0.6) is 0 Å². The van der Waals surface area contributed by atoms with Gasteiger partial charge in [-0.25, -0.2) is 0 Å². The molecule has 1 unspecified atom stereocenters. The standard InChI is InChI=1S/C27H31ClN6O2S/c1-32-12-14-33(15-13-32)17-20-4-9-23(10-5-20)34-18-22(16-25(34)35)29-26(36)27-31-30-24(37-27)11-6-19-2-7-21(28)8-3-19/h2-5,7-10,22H,6,11-18H2,1H3,(H,29,36). The predicted octanol–water partition coefficient (Wildman–Crippen LogP) is 3.26. The fourth-order valence-corrected chi connectivity index (χ4v) is 5.56. The highest BCUT2D eigenvalue weighted by molar-refractivity contribution is 7.13. The summed E-state index contributed by atoms with van der Waals surface area (Å²) in [4.78, 5) is 32.0. The number of aromatic nitrogens is 2. The Morgan fingerprint density at radius 3 is 2.43 bits per heavy atom. The van der Waals surface area contributed by atoms with Gasteiger partial charge >= 0.3 is 0 Å². The van der Waals surface area contributed by atoms with E-state index in [1.807, 2.05) is 36.4 Å². The number of carbonyl (C=O) groups excluding carboxylic acids is 2. The summed E-state index contributed by atoms with van der Waals surface area (Å²) in [5.74, 6) is -0.268. The number of piperazine rings is 1. The second kappa shape index (κ2) is 11.7. The molecule has 2 saturated heterocycles. The largest absolute Gasteiger partial charge is 0.345 e. The van der Waals surface area contributed by atoms with Crippen LogP contribution in [0.2, 0.25) is 5.02 Å². The lowest BCUT2D eigenvalue weighted by Crippen LogP contribution is -2.43. The minimum absolute atomic E-state index is 0.0121. The van der Waals surface area contributed by atoms with Crippen LogP contribution in [-0.4, -0.2) is 77.6 Å². The Bertz CT molecular complexity index is 1220. The van der Waals surface area contributed by atoms with Crippen molar-refractivity contribution in [1.29, 1.82) is 0 Å². The zero-order valence-corrected chi connectivity index (χ0v) is 22.5. The number of carbonyl (C=O) groups is 2. The molecule has 3 aromatic rings. The lowest BCUT2D eigenvalue weighted by molar-refractivity contribution is -0.117. The maximum absolute atomic E-state index is 12.8. The molecule has 0 aliphatic carbocycles. The van der Waals surface area contributed by atoms with Gasteiger partial charge in [0.2, 0.25) is 10.9 Å². The van der Waals surface area contributed by atoms with Crippen molar-refractivity contribution in [2.24, 2.45) is 0 Å². The van der Waals surface area contributed by atoms with Gasteiger partial charge in [-0.2, -0.15) is 0 Å². The molecular weight excluding hydrogens is 508 g/mol. The Hall–Kier alpha value is -2.85. The summed E-state index contributed by atoms with van der Waals surface area (Å²) in [6, 6.07) is 15.7. The molecule has 0 radical (unpaired) electrons. The van der Waals surface area contributed by atoms with Crippen LogP contribution in [0.3, 0.4) is 0 Å². The molecule has 2 aliphatic heterocycles. The monoisotopic (exact) mass is 538 g/mol. The topological polar surface area (TPSA) is 81.7 Å². The van der Waals surface area contributed by atoms with Crippen LogP contribution >= 0.6 is 22.9 Å². The summed E-state index contributed by atoms with van der Waals surface area (Å²) in [5, 5.41) is 13.1. The lowest BCUT2D eigenvalue weighted by Gasteiger charge is -2.32. The van der Waals surface area contributed by atoms with E-state index in [2.05, 4.69) is 44.5 Å². The highest BCUT2D eigenvalue weighted by atomic mass is 35.5. The average Bonchev–Trinajstić information content (AvgIpc) is 3.52. The van der Waals surface area contributed by atoms with Crippen molar-refractivity contribution in [3.8, 4) is 0 Å². The van der Waals surface area contributed by atoms with Crippen molar-refractivity contribution in [1.82, 2.24) is 25.3 Å². The molecule has 37 heavy (non-hydrogen) atoms. The number of nitrogens with zero attached hydrogens (tertiary/aromatic N) is 5. The first kappa shape index (κ1) is 25.8. The van der Waals surface area contributed by atoms with Gasteiger partial charge in [-0.15, -0.1) is 10.2 Å². The average molecular weight is 539 g/mol. The fraction of sp³-hybridized carbons (Fsp3) is 0.407. The molecule has 2 fully saturated rings. The second-order valence-electron chi connectivity index (χ2n) is 9.75. The Kier molecular flexibility index (Phi) is 8.14. The molecule has 3 heterocycles. The fourth-order valence-electron chi connectivity index (χ4n) is 4.70. The summed E-state index contributed by atoms with van der Waals surface area (Å²) in [6.45, 7) is 5.70. The Morgan fingerprint density at radius 1 is 1.00 bits per heavy atom. The van der Waals surface area contributed by atoms with Crippen LogP contribution in [0.25, 0.3) is 0 Å². The zero-order valence-electron chi connectivity index (χ0n) is 20.9. The zero-order chi connectivity index (χ0) is 25.8. The van der Waals surface area contributed by atoms with Crippen LogP contribution in [0.4, 0.5) is 5.69 Å². The molecule has 1 atom stereocenters. The lowest BCUT2D eigenvalue weighted by atomic mass is 10.1. The van der Waals surface area contributed by atoms with Gasteiger partial charge in [0, 0.05) is 62.8 Å². The van der Waals surface area contributed by atoms with E-state index in [1.54, 1.807) is 4.90 Å². The minimum Gasteiger partial charge on any atom is -0.345 e. The minimum atomic E-state index is -0.280. The number of hydrogen-bond acceptors (Lipinski definition) is 7. The summed E-state index contributed by atoms with van der Waals surface area (Å²) in [7, 11) is 2.16. The quantitative estimate of drug-likeness (QED) is 0.474. The molecule has 0 spiro atoms. The van der Waals surface area contributed by atoms with Gasteiger partial charge in [0.05, 0.1) is 6.04 Å². The van der Waals surface area contributed by atoms with Crippen LogP contribution in [-0.2, 0) is 24.2 Å². The maximum Gasteiger partial charge on any atom is 0.282 e. The first-order valence-corrected chi connectivity index (χ1v) is 13.8. The van der Waals surface area contributed by atoms with E-state index >= 15 is 0 Å². The van der Waals surface area contributed by atoms with Crippen molar-refractivity contribution >= 4 is 40.4 Å². The number of nitrogens with one attached hydrogen (secondary N) is 1. The highest BCUT2D eigenvalue weighted by Crippen LogP contribution is 2.23. The highest BCUT2D eigenvalue weighted by Gasteiger charge is 2.32. The molecule has 2 amide bonds. The summed E-state index contributed by atoms with van der Waals surface area (Å²) in [5.41, 5.74) is 3.26. The number of halogens is 1. The second-order valence-corrected chi connectivity index (χ2v) is 11.3. The summed E-state index contributed by atoms with van der Waals surface area (Å²) < 4.78 is 0. The molecule has 0 saturated carbocycles. The van der Waals surface area contributed by atoms with Gasteiger partial charge < -0.3 is 15.1 Å². The van der Waals surface area contributed by atoms with Gasteiger partial charge in [-0.3, -0.25) is 14.5 Å². The van der Waals surface area contributed by atoms with E-state index in [0.717, 1.165) is 55.4 Å². The number of aryl methyl sites for hydroxylation is 2. The number of amides is 2. The molecule has 10 heteroatoms. The van der Waals surface area contributed by atoms with Crippen molar-refractivity contribution in [3.05, 3.63) is 74.7 Å². The normalized spacial score (nSPS) is 18.9. The Morgan fingerprint density at radius 2 is 1.70 bits per heavy atom. The van der Waals surface area contributed by atoms with Crippen molar-refractivity contribution in [3.63, 3.8) is 0 Å². The summed E-state index contributed by atoms with van der Waals surface area (Å²) >= 11 is 7.24. The van der Waals surface area contributed by atoms with E-state index in [-0.39, 0.29) is 24.3 Å².